The minimum absolute atomic E-state index is 0. The Bertz CT molecular complexity index is 1500. The molecule has 2 heterocycles. The number of nitrogens with one attached hydrogen (secondary N) is 3. The SMILES string of the molecule is COC(=O)c1ccc([C@H](C)Nc2nc(C)nc(C)c2C)cc1.Cc1nc(C)c(C)c(N[C@@H](C)c2ccc(C(=O)NN)cc2)n1.NN.O.S.S. The molecule has 14 nitrogen and oxygen atoms in total. The molecule has 1 amide bonds. The lowest BCUT2D eigenvalue weighted by Gasteiger charge is -2.18. The molecule has 0 bridgehead atoms. The normalized spacial score (nSPS) is 10.8. The smallest absolute Gasteiger partial charge is 0.337 e. The highest BCUT2D eigenvalue weighted by molar-refractivity contribution is 7.59. The molecule has 2 aromatic carbocycles. The van der Waals surface area contributed by atoms with Gasteiger partial charge in [-0.05, 0) is 90.8 Å². The van der Waals surface area contributed by atoms with E-state index in [1.807, 2.05) is 72.7 Å². The lowest BCUT2D eigenvalue weighted by atomic mass is 10.1. The van der Waals surface area contributed by atoms with Crippen molar-refractivity contribution in [3.05, 3.63) is 105 Å². The van der Waals surface area contributed by atoms with Gasteiger partial charge in [0.05, 0.1) is 12.7 Å². The van der Waals surface area contributed by atoms with E-state index in [0.717, 1.165) is 56.9 Å². The van der Waals surface area contributed by atoms with E-state index in [2.05, 4.69) is 54.6 Å². The Hall–Kier alpha value is -4.32. The molecule has 2 aromatic heterocycles. The van der Waals surface area contributed by atoms with Crippen LogP contribution in [0.5, 0.6) is 0 Å². The number of carbonyl (C=O) groups is 2. The van der Waals surface area contributed by atoms with E-state index in [-0.39, 0.29) is 56.4 Å². The van der Waals surface area contributed by atoms with Crippen LogP contribution in [0.1, 0.15) is 91.9 Å². The number of hydrogen-bond acceptors (Lipinski definition) is 12. The van der Waals surface area contributed by atoms with Crippen LogP contribution < -0.4 is 33.6 Å². The summed E-state index contributed by atoms with van der Waals surface area (Å²) in [6.45, 7) is 15.8. The number of methoxy groups -OCH3 is 1. The third-order valence-corrected chi connectivity index (χ3v) is 7.34. The number of nitrogen functional groups attached to an aromatic ring is 1. The van der Waals surface area contributed by atoms with Crippen molar-refractivity contribution >= 4 is 50.5 Å². The maximum Gasteiger partial charge on any atom is 0.337 e. The molecule has 0 radical (unpaired) electrons. The zero-order valence-corrected chi connectivity index (χ0v) is 31.5. The van der Waals surface area contributed by atoms with E-state index in [1.54, 1.807) is 24.3 Å². The number of carbonyl (C=O) groups excluding carboxylic acids is 2. The van der Waals surface area contributed by atoms with Crippen LogP contribution in [0.15, 0.2) is 48.5 Å². The molecular weight excluding hydrogens is 665 g/mol. The average molecular weight is 717 g/mol. The van der Waals surface area contributed by atoms with Crippen molar-refractivity contribution < 1.29 is 19.8 Å². The number of nitrogens with zero attached hydrogens (tertiary/aromatic N) is 4. The largest absolute Gasteiger partial charge is 0.465 e. The van der Waals surface area contributed by atoms with Gasteiger partial charge in [0.2, 0.25) is 0 Å². The van der Waals surface area contributed by atoms with Crippen LogP contribution in [0.4, 0.5) is 11.6 Å². The molecule has 0 saturated carbocycles. The summed E-state index contributed by atoms with van der Waals surface area (Å²) in [5.41, 5.74) is 9.35. The van der Waals surface area contributed by atoms with Crippen molar-refractivity contribution in [1.82, 2.24) is 25.4 Å². The lowest BCUT2D eigenvalue weighted by Crippen LogP contribution is -2.29. The van der Waals surface area contributed by atoms with Crippen LogP contribution in [0.2, 0.25) is 0 Å². The summed E-state index contributed by atoms with van der Waals surface area (Å²) in [6.07, 6.45) is 0. The van der Waals surface area contributed by atoms with E-state index in [9.17, 15) is 9.59 Å². The summed E-state index contributed by atoms with van der Waals surface area (Å²) >= 11 is 0. The second-order valence-corrected chi connectivity index (χ2v) is 10.6. The molecule has 4 aromatic rings. The van der Waals surface area contributed by atoms with Crippen LogP contribution in [0.3, 0.4) is 0 Å². The van der Waals surface area contributed by atoms with Gasteiger partial charge in [0.25, 0.3) is 5.91 Å². The van der Waals surface area contributed by atoms with E-state index in [1.165, 1.54) is 7.11 Å². The lowest BCUT2D eigenvalue weighted by molar-refractivity contribution is 0.0600. The maximum absolute atomic E-state index is 11.5. The first kappa shape index (κ1) is 46.8. The van der Waals surface area contributed by atoms with Gasteiger partial charge in [-0.25, -0.2) is 30.6 Å². The Morgan fingerprint density at radius 3 is 1.33 bits per heavy atom. The predicted octanol–water partition coefficient (Wildman–Crippen LogP) is 3.76. The molecular formula is C33H52N10O4S2. The van der Waals surface area contributed by atoms with Gasteiger partial charge in [0.15, 0.2) is 0 Å². The highest BCUT2D eigenvalue weighted by Crippen LogP contribution is 2.23. The first-order valence-corrected chi connectivity index (χ1v) is 14.6. The molecule has 0 fully saturated rings. The van der Waals surface area contributed by atoms with Gasteiger partial charge in [0.1, 0.15) is 23.3 Å². The van der Waals surface area contributed by atoms with Crippen molar-refractivity contribution in [3.63, 3.8) is 0 Å². The third-order valence-electron chi connectivity index (χ3n) is 7.34. The van der Waals surface area contributed by atoms with Crippen molar-refractivity contribution in [1.29, 1.82) is 0 Å². The molecule has 0 aliphatic rings. The molecule has 16 heteroatoms. The Labute approximate surface area is 302 Å². The fourth-order valence-electron chi connectivity index (χ4n) is 4.43. The summed E-state index contributed by atoms with van der Waals surface area (Å²) < 4.78 is 4.70. The molecule has 2 atom stereocenters. The number of hydrogen-bond donors (Lipinski definition) is 6. The van der Waals surface area contributed by atoms with Crippen LogP contribution in [-0.2, 0) is 4.74 Å². The van der Waals surface area contributed by atoms with Gasteiger partial charge >= 0.3 is 5.97 Å². The van der Waals surface area contributed by atoms with E-state index >= 15 is 0 Å². The number of benzene rings is 2. The second-order valence-electron chi connectivity index (χ2n) is 10.6. The molecule has 4 rings (SSSR count). The van der Waals surface area contributed by atoms with Crippen LogP contribution >= 0.6 is 27.0 Å². The molecule has 0 aliphatic heterocycles. The number of aromatic nitrogens is 4. The molecule has 11 N–H and O–H groups in total. The Kier molecular flexibility index (Phi) is 21.3. The number of nitrogens with two attached hydrogens (primary N) is 3. The first-order chi connectivity index (χ1) is 21.8. The van der Waals surface area contributed by atoms with Gasteiger partial charge in [0, 0.05) is 40.2 Å². The van der Waals surface area contributed by atoms with Crippen molar-refractivity contribution in [3.8, 4) is 0 Å². The average Bonchev–Trinajstić information content (AvgIpc) is 3.06. The second kappa shape index (κ2) is 22.3. The van der Waals surface area contributed by atoms with E-state index < -0.39 is 0 Å². The molecule has 0 saturated heterocycles. The molecule has 0 spiro atoms. The number of esters is 1. The van der Waals surface area contributed by atoms with Gasteiger partial charge in [-0.1, -0.05) is 24.3 Å². The van der Waals surface area contributed by atoms with Gasteiger partial charge in [-0.2, -0.15) is 27.0 Å². The summed E-state index contributed by atoms with van der Waals surface area (Å²) in [7, 11) is 1.38. The summed E-state index contributed by atoms with van der Waals surface area (Å²) in [5.74, 6) is 15.7. The van der Waals surface area contributed by atoms with Crippen LogP contribution in [0.25, 0.3) is 0 Å². The number of rotatable bonds is 8. The fourth-order valence-corrected chi connectivity index (χ4v) is 4.43. The van der Waals surface area contributed by atoms with Gasteiger partial charge in [-0.15, -0.1) is 0 Å². The third kappa shape index (κ3) is 13.2. The summed E-state index contributed by atoms with van der Waals surface area (Å²) in [6, 6.07) is 14.8. The van der Waals surface area contributed by atoms with Crippen molar-refractivity contribution in [2.24, 2.45) is 17.5 Å². The number of anilines is 2. The Morgan fingerprint density at radius 1 is 0.653 bits per heavy atom. The molecule has 0 aliphatic carbocycles. The highest BCUT2D eigenvalue weighted by Gasteiger charge is 2.13. The highest BCUT2D eigenvalue weighted by atomic mass is 32.1. The van der Waals surface area contributed by atoms with Gasteiger partial charge in [-0.3, -0.25) is 21.9 Å². The summed E-state index contributed by atoms with van der Waals surface area (Å²) in [5, 5.41) is 6.80. The Morgan fingerprint density at radius 2 is 1.00 bits per heavy atom. The number of hydrazine groups is 2. The quantitative estimate of drug-likeness (QED) is 0.0661. The van der Waals surface area contributed by atoms with E-state index in [4.69, 9.17) is 10.6 Å². The minimum Gasteiger partial charge on any atom is -0.465 e. The Balaban J connectivity index is 0. The topological polar surface area (TPSA) is 241 Å². The monoisotopic (exact) mass is 716 g/mol. The van der Waals surface area contributed by atoms with E-state index in [0.29, 0.717) is 11.1 Å². The first-order valence-electron chi connectivity index (χ1n) is 14.6. The predicted molar refractivity (Wildman–Crippen MR) is 205 cm³/mol. The number of aryl methyl sites for hydroxylation is 4. The maximum atomic E-state index is 11.5. The zero-order valence-electron chi connectivity index (χ0n) is 29.5. The number of ether oxygens (including phenoxy) is 1. The fraction of sp³-hybridized carbons (Fsp3) is 0.333. The minimum atomic E-state index is -0.329. The molecule has 0 unspecified atom stereocenters. The zero-order chi connectivity index (χ0) is 34.6. The number of amides is 1. The molecule has 49 heavy (non-hydrogen) atoms. The summed E-state index contributed by atoms with van der Waals surface area (Å²) in [4.78, 5) is 40.5. The van der Waals surface area contributed by atoms with Crippen LogP contribution in [0, 0.1) is 41.5 Å². The standard InChI is InChI=1S/C17H21N3O2.C16H21N5O.H4N2.H2O.2H2S/c1-10-11(2)18-13(4)20-16(10)19-12(3)14-6-8-15(9-7-14)17(21)22-5;1-9-10(2)18-12(4)20-15(9)19-11(3)13-5-7-14(8-6-13)16(22)21-17;1-2;;;/h6-9,12H,1-5H3,(H,18,19,20);5-8,11H,17H2,1-4H3,(H,21,22)(H,18,19,20);1-2H2;3*1H2/t12-;11-;;;;/m00..../s1. The van der Waals surface area contributed by atoms with Crippen molar-refractivity contribution in [2.75, 3.05) is 17.7 Å². The van der Waals surface area contributed by atoms with Crippen LogP contribution in [-0.4, -0.2) is 44.4 Å². The molecule has 270 valence electrons. The van der Waals surface area contributed by atoms with Crippen molar-refractivity contribution in [2.45, 2.75) is 67.5 Å². The van der Waals surface area contributed by atoms with Gasteiger partial charge < -0.3 is 20.8 Å².